The molecule has 98 valence electrons. The molecule has 2 aromatic rings. The zero-order valence-electron chi connectivity index (χ0n) is 10.6. The van der Waals surface area contributed by atoms with Crippen molar-refractivity contribution >= 4 is 6.08 Å². The van der Waals surface area contributed by atoms with Crippen LogP contribution in [0.5, 0.6) is 5.75 Å². The summed E-state index contributed by atoms with van der Waals surface area (Å²) < 4.78 is 32.8. The van der Waals surface area contributed by atoms with Crippen molar-refractivity contribution in [3.05, 3.63) is 60.2 Å². The minimum absolute atomic E-state index is 0.0635. The van der Waals surface area contributed by atoms with Crippen molar-refractivity contribution in [2.45, 2.75) is 6.92 Å². The molecule has 0 radical (unpaired) electrons. The lowest BCUT2D eigenvalue weighted by Gasteiger charge is -2.09. The molecule has 0 heterocycles. The summed E-state index contributed by atoms with van der Waals surface area (Å²) in [7, 11) is 0. The Morgan fingerprint density at radius 3 is 2.32 bits per heavy atom. The van der Waals surface area contributed by atoms with Gasteiger partial charge in [-0.2, -0.15) is 4.39 Å². The predicted octanol–water partition coefficient (Wildman–Crippen LogP) is 4.67. The third kappa shape index (κ3) is 2.65. The van der Waals surface area contributed by atoms with E-state index in [9.17, 15) is 8.78 Å². The van der Waals surface area contributed by atoms with Gasteiger partial charge < -0.3 is 4.74 Å². The number of hydrogen-bond acceptors (Lipinski definition) is 1. The number of hydrogen-bond donors (Lipinski definition) is 0. The van der Waals surface area contributed by atoms with E-state index in [4.69, 9.17) is 4.74 Å². The molecule has 0 N–H and O–H groups in total. The van der Waals surface area contributed by atoms with Crippen LogP contribution in [0.4, 0.5) is 8.78 Å². The highest BCUT2D eigenvalue weighted by Crippen LogP contribution is 2.30. The zero-order chi connectivity index (χ0) is 13.8. The zero-order valence-corrected chi connectivity index (χ0v) is 10.6. The first-order valence-electron chi connectivity index (χ1n) is 6.01. The molecule has 0 bridgehead atoms. The summed E-state index contributed by atoms with van der Waals surface area (Å²) in [4.78, 5) is 0. The summed E-state index contributed by atoms with van der Waals surface area (Å²) >= 11 is 0. The van der Waals surface area contributed by atoms with Crippen molar-refractivity contribution in [1.82, 2.24) is 0 Å². The van der Waals surface area contributed by atoms with Crippen LogP contribution in [0.25, 0.3) is 17.2 Å². The Morgan fingerprint density at radius 1 is 1.05 bits per heavy atom. The number of halogens is 2. The van der Waals surface area contributed by atoms with Crippen LogP contribution in [0, 0.1) is 11.6 Å². The number of benzene rings is 2. The fourth-order valence-electron chi connectivity index (χ4n) is 1.82. The summed E-state index contributed by atoms with van der Waals surface area (Å²) in [5, 5.41) is 0. The second kappa shape index (κ2) is 5.65. The van der Waals surface area contributed by atoms with Crippen molar-refractivity contribution in [3.63, 3.8) is 0 Å². The molecule has 0 fully saturated rings. The van der Waals surface area contributed by atoms with Crippen LogP contribution in [0.15, 0.2) is 43.0 Å². The highest BCUT2D eigenvalue weighted by atomic mass is 19.2. The average Bonchev–Trinajstić information content (AvgIpc) is 2.45. The quantitative estimate of drug-likeness (QED) is 0.776. The highest BCUT2D eigenvalue weighted by molar-refractivity contribution is 5.67. The molecule has 3 heteroatoms. The van der Waals surface area contributed by atoms with Crippen LogP contribution in [0.1, 0.15) is 12.5 Å². The van der Waals surface area contributed by atoms with E-state index in [1.54, 1.807) is 37.3 Å². The largest absolute Gasteiger partial charge is 0.491 e. The smallest absolute Gasteiger partial charge is 0.201 e. The van der Waals surface area contributed by atoms with Gasteiger partial charge in [0.05, 0.1) is 6.61 Å². The molecular formula is C16H14F2O. The topological polar surface area (TPSA) is 9.23 Å². The molecule has 0 saturated heterocycles. The fourth-order valence-corrected chi connectivity index (χ4v) is 1.82. The van der Waals surface area contributed by atoms with Crippen molar-refractivity contribution in [3.8, 4) is 16.9 Å². The summed E-state index contributed by atoms with van der Waals surface area (Å²) in [5.74, 6) is -1.91. The van der Waals surface area contributed by atoms with E-state index in [1.807, 2.05) is 0 Å². The maximum Gasteiger partial charge on any atom is 0.201 e. The van der Waals surface area contributed by atoms with Crippen LogP contribution in [-0.4, -0.2) is 6.61 Å². The fraction of sp³-hybridized carbons (Fsp3) is 0.125. The Bertz CT molecular complexity index is 588. The third-order valence-corrected chi connectivity index (χ3v) is 2.80. The summed E-state index contributed by atoms with van der Waals surface area (Å²) in [6, 6.07) is 10.0. The van der Waals surface area contributed by atoms with Crippen molar-refractivity contribution in [2.24, 2.45) is 0 Å². The number of ether oxygens (including phenoxy) is 1. The van der Waals surface area contributed by atoms with Gasteiger partial charge in [-0.15, -0.1) is 0 Å². The maximum absolute atomic E-state index is 14.0. The Morgan fingerprint density at radius 2 is 1.74 bits per heavy atom. The Balaban J connectivity index is 2.44. The Kier molecular flexibility index (Phi) is 3.95. The predicted molar refractivity (Wildman–Crippen MR) is 73.1 cm³/mol. The lowest BCUT2D eigenvalue weighted by molar-refractivity contribution is 0.314. The van der Waals surface area contributed by atoms with Crippen LogP contribution in [0.3, 0.4) is 0 Å². The lowest BCUT2D eigenvalue weighted by atomic mass is 10.0. The normalized spacial score (nSPS) is 10.3. The molecule has 0 spiro atoms. The third-order valence-electron chi connectivity index (χ3n) is 2.80. The van der Waals surface area contributed by atoms with Crippen molar-refractivity contribution in [2.75, 3.05) is 6.61 Å². The van der Waals surface area contributed by atoms with Gasteiger partial charge in [0.2, 0.25) is 5.82 Å². The molecule has 0 atom stereocenters. The van der Waals surface area contributed by atoms with Crippen LogP contribution in [-0.2, 0) is 0 Å². The van der Waals surface area contributed by atoms with Gasteiger partial charge >= 0.3 is 0 Å². The first-order chi connectivity index (χ1) is 9.17. The van der Waals surface area contributed by atoms with Gasteiger partial charge in [0.25, 0.3) is 0 Å². The first kappa shape index (κ1) is 13.3. The van der Waals surface area contributed by atoms with Crippen LogP contribution >= 0.6 is 0 Å². The van der Waals surface area contributed by atoms with Crippen molar-refractivity contribution < 1.29 is 13.5 Å². The second-order valence-corrected chi connectivity index (χ2v) is 4.00. The molecule has 0 aromatic heterocycles. The lowest BCUT2D eigenvalue weighted by Crippen LogP contribution is -1.98. The van der Waals surface area contributed by atoms with E-state index in [-0.39, 0.29) is 11.3 Å². The number of rotatable bonds is 4. The minimum Gasteiger partial charge on any atom is -0.491 e. The SMILES string of the molecule is C=Cc1ccc(-c2ccc(OCC)c(F)c2F)cc1. The van der Waals surface area contributed by atoms with Gasteiger partial charge in [0, 0.05) is 5.56 Å². The van der Waals surface area contributed by atoms with Gasteiger partial charge in [0.1, 0.15) is 0 Å². The molecule has 0 unspecified atom stereocenters. The molecule has 2 aromatic carbocycles. The standard InChI is InChI=1S/C16H14F2O/c1-3-11-5-7-12(8-6-11)13-9-10-14(19-4-2)16(18)15(13)17/h3,5-10H,1,4H2,2H3. The van der Waals surface area contributed by atoms with Crippen molar-refractivity contribution in [1.29, 1.82) is 0 Å². The van der Waals surface area contributed by atoms with Gasteiger partial charge in [0.15, 0.2) is 11.6 Å². The van der Waals surface area contributed by atoms with E-state index in [0.717, 1.165) is 5.56 Å². The van der Waals surface area contributed by atoms with E-state index < -0.39 is 11.6 Å². The maximum atomic E-state index is 14.0. The van der Waals surface area contributed by atoms with E-state index >= 15 is 0 Å². The molecule has 1 nitrogen and oxygen atoms in total. The second-order valence-electron chi connectivity index (χ2n) is 4.00. The molecule has 0 aliphatic heterocycles. The summed E-state index contributed by atoms with van der Waals surface area (Å²) in [6.07, 6.45) is 1.69. The van der Waals surface area contributed by atoms with E-state index in [2.05, 4.69) is 6.58 Å². The molecule has 0 amide bonds. The monoisotopic (exact) mass is 260 g/mol. The molecule has 0 aliphatic carbocycles. The van der Waals surface area contributed by atoms with Gasteiger partial charge in [-0.05, 0) is 30.2 Å². The minimum atomic E-state index is -0.952. The summed E-state index contributed by atoms with van der Waals surface area (Å²) in [6.45, 7) is 5.66. The Hall–Kier alpha value is -2.16. The average molecular weight is 260 g/mol. The van der Waals surface area contributed by atoms with E-state index in [1.165, 1.54) is 12.1 Å². The van der Waals surface area contributed by atoms with Crippen LogP contribution < -0.4 is 4.74 Å². The molecule has 0 aliphatic rings. The van der Waals surface area contributed by atoms with Crippen LogP contribution in [0.2, 0.25) is 0 Å². The van der Waals surface area contributed by atoms with Gasteiger partial charge in [-0.3, -0.25) is 0 Å². The first-order valence-corrected chi connectivity index (χ1v) is 6.01. The highest BCUT2D eigenvalue weighted by Gasteiger charge is 2.15. The summed E-state index contributed by atoms with van der Waals surface area (Å²) in [5.41, 5.74) is 1.76. The van der Waals surface area contributed by atoms with E-state index in [0.29, 0.717) is 12.2 Å². The molecule has 19 heavy (non-hydrogen) atoms. The van der Waals surface area contributed by atoms with Gasteiger partial charge in [-0.25, -0.2) is 4.39 Å². The Labute approximate surface area is 111 Å². The molecule has 2 rings (SSSR count). The van der Waals surface area contributed by atoms with Gasteiger partial charge in [-0.1, -0.05) is 36.9 Å². The molecular weight excluding hydrogens is 246 g/mol. The molecule has 0 saturated carbocycles.